The Kier molecular flexibility index (Phi) is 5.44. The van der Waals surface area contributed by atoms with E-state index in [-0.39, 0.29) is 24.8 Å². The molecule has 0 N–H and O–H groups in total. The zero-order valence-electron chi connectivity index (χ0n) is 10.9. The van der Waals surface area contributed by atoms with Crippen molar-refractivity contribution in [2.24, 2.45) is 0 Å². The molecule has 1 amide bonds. The van der Waals surface area contributed by atoms with Crippen LogP contribution in [0.5, 0.6) is 0 Å². The van der Waals surface area contributed by atoms with E-state index in [2.05, 4.69) is 4.79 Å². The molecule has 0 aliphatic rings. The van der Waals surface area contributed by atoms with Crippen molar-refractivity contribution in [2.75, 3.05) is 20.2 Å². The van der Waals surface area contributed by atoms with Crippen LogP contribution < -0.4 is 0 Å². The third-order valence-electron chi connectivity index (χ3n) is 2.39. The van der Waals surface area contributed by atoms with E-state index in [1.807, 2.05) is 0 Å². The standard InChI is InChI=1S/C13H15N3O3/c1-3-19-13(18)11(15-14)9-16(2)12(17)10-7-5-4-6-8-10/h4-8H,3,9H2,1-2H3. The Labute approximate surface area is 111 Å². The van der Waals surface area contributed by atoms with Crippen molar-refractivity contribution in [2.45, 2.75) is 6.92 Å². The maximum absolute atomic E-state index is 12.0. The van der Waals surface area contributed by atoms with Crippen LogP contribution in [0, 0.1) is 0 Å². The van der Waals surface area contributed by atoms with Gasteiger partial charge in [-0.3, -0.25) is 4.79 Å². The van der Waals surface area contributed by atoms with Gasteiger partial charge in [0.15, 0.2) is 0 Å². The van der Waals surface area contributed by atoms with Gasteiger partial charge in [0.25, 0.3) is 5.91 Å². The molecule has 0 heterocycles. The second-order valence-electron chi connectivity index (χ2n) is 3.79. The lowest BCUT2D eigenvalue weighted by Gasteiger charge is -2.14. The molecule has 1 aromatic carbocycles. The van der Waals surface area contributed by atoms with E-state index in [0.717, 1.165) is 0 Å². The molecule has 19 heavy (non-hydrogen) atoms. The average molecular weight is 261 g/mol. The normalized spacial score (nSPS) is 9.37. The summed E-state index contributed by atoms with van der Waals surface area (Å²) in [5, 5.41) is 0. The number of rotatable bonds is 5. The molecule has 100 valence electrons. The molecule has 0 aromatic heterocycles. The number of esters is 1. The molecule has 0 bridgehead atoms. The highest BCUT2D eigenvalue weighted by Gasteiger charge is 2.25. The molecule has 0 fully saturated rings. The summed E-state index contributed by atoms with van der Waals surface area (Å²) in [7, 11) is 1.51. The second-order valence-corrected chi connectivity index (χ2v) is 3.79. The molecule has 0 atom stereocenters. The number of nitrogens with zero attached hydrogens (tertiary/aromatic N) is 3. The fraction of sp³-hybridized carbons (Fsp3) is 0.308. The first-order chi connectivity index (χ1) is 9.10. The van der Waals surface area contributed by atoms with Crippen LogP contribution in [0.2, 0.25) is 0 Å². The van der Waals surface area contributed by atoms with Crippen LogP contribution in [0.3, 0.4) is 0 Å². The van der Waals surface area contributed by atoms with Crippen molar-refractivity contribution < 1.29 is 19.1 Å². The number of benzene rings is 1. The maximum Gasteiger partial charge on any atom is 0.418 e. The molecule has 1 rings (SSSR count). The van der Waals surface area contributed by atoms with E-state index in [9.17, 15) is 9.59 Å². The fourth-order valence-corrected chi connectivity index (χ4v) is 1.45. The van der Waals surface area contributed by atoms with Gasteiger partial charge in [0, 0.05) is 12.6 Å². The van der Waals surface area contributed by atoms with Gasteiger partial charge in [-0.2, -0.15) is 4.79 Å². The molecule has 0 unspecified atom stereocenters. The lowest BCUT2D eigenvalue weighted by molar-refractivity contribution is -0.140. The monoisotopic (exact) mass is 261 g/mol. The van der Waals surface area contributed by atoms with Crippen LogP contribution in [-0.2, 0) is 9.53 Å². The first-order valence-corrected chi connectivity index (χ1v) is 5.78. The molecular weight excluding hydrogens is 246 g/mol. The van der Waals surface area contributed by atoms with Gasteiger partial charge in [-0.1, -0.05) is 18.2 Å². The summed E-state index contributed by atoms with van der Waals surface area (Å²) in [6, 6.07) is 8.62. The molecule has 0 spiro atoms. The van der Waals surface area contributed by atoms with Crippen LogP contribution >= 0.6 is 0 Å². The predicted octanol–water partition coefficient (Wildman–Crippen LogP) is 0.992. The minimum atomic E-state index is -0.738. The minimum Gasteiger partial charge on any atom is -0.457 e. The molecule has 1 aromatic rings. The highest BCUT2D eigenvalue weighted by Crippen LogP contribution is 2.03. The van der Waals surface area contributed by atoms with Gasteiger partial charge in [0.05, 0.1) is 6.61 Å². The van der Waals surface area contributed by atoms with Gasteiger partial charge in [-0.25, -0.2) is 4.79 Å². The Morgan fingerprint density at radius 2 is 1.95 bits per heavy atom. The van der Waals surface area contributed by atoms with E-state index >= 15 is 0 Å². The Morgan fingerprint density at radius 1 is 1.32 bits per heavy atom. The number of ether oxygens (including phenoxy) is 1. The molecule has 0 aliphatic heterocycles. The minimum absolute atomic E-state index is 0.122. The molecular formula is C13H15N3O3. The fourth-order valence-electron chi connectivity index (χ4n) is 1.45. The molecule has 0 aliphatic carbocycles. The van der Waals surface area contributed by atoms with Gasteiger partial charge in [0.2, 0.25) is 0 Å². The van der Waals surface area contributed by atoms with Crippen molar-refractivity contribution in [3.05, 3.63) is 41.4 Å². The predicted molar refractivity (Wildman–Crippen MR) is 68.7 cm³/mol. The first kappa shape index (κ1) is 14.6. The van der Waals surface area contributed by atoms with E-state index in [4.69, 9.17) is 10.3 Å². The molecule has 0 radical (unpaired) electrons. The summed E-state index contributed by atoms with van der Waals surface area (Å²) in [4.78, 5) is 27.6. The Hall–Kier alpha value is -2.46. The van der Waals surface area contributed by atoms with Crippen LogP contribution in [0.1, 0.15) is 17.3 Å². The lowest BCUT2D eigenvalue weighted by atomic mass is 10.2. The van der Waals surface area contributed by atoms with Crippen LogP contribution in [0.15, 0.2) is 30.3 Å². The Balaban J connectivity index is 2.74. The average Bonchev–Trinajstić information content (AvgIpc) is 2.44. The van der Waals surface area contributed by atoms with Crippen LogP contribution in [-0.4, -0.2) is 47.5 Å². The van der Waals surface area contributed by atoms with E-state index < -0.39 is 5.97 Å². The summed E-state index contributed by atoms with van der Waals surface area (Å²) >= 11 is 0. The van der Waals surface area contributed by atoms with Crippen molar-refractivity contribution in [3.63, 3.8) is 0 Å². The number of carbonyl (C=O) groups is 2. The molecule has 6 nitrogen and oxygen atoms in total. The zero-order valence-corrected chi connectivity index (χ0v) is 10.9. The summed E-state index contributed by atoms with van der Waals surface area (Å²) in [5.41, 5.74) is 9.05. The Bertz CT molecular complexity index is 507. The number of amides is 1. The SMILES string of the molecule is CCOC(=O)C(CN(C)C(=O)c1ccccc1)=[N+]=[N-]. The maximum atomic E-state index is 12.0. The first-order valence-electron chi connectivity index (χ1n) is 5.78. The third kappa shape index (κ3) is 4.04. The summed E-state index contributed by atoms with van der Waals surface area (Å²) in [5.74, 6) is -1.01. The quantitative estimate of drug-likeness (QED) is 0.343. The third-order valence-corrected chi connectivity index (χ3v) is 2.39. The largest absolute Gasteiger partial charge is 0.457 e. The second kappa shape index (κ2) is 7.08. The Morgan fingerprint density at radius 3 is 2.47 bits per heavy atom. The summed E-state index contributed by atoms with van der Waals surface area (Å²) in [6.07, 6.45) is 0. The number of hydrogen-bond acceptors (Lipinski definition) is 3. The van der Waals surface area contributed by atoms with E-state index in [0.29, 0.717) is 5.56 Å². The molecule has 0 saturated carbocycles. The van der Waals surface area contributed by atoms with Gasteiger partial charge in [-0.05, 0) is 19.1 Å². The van der Waals surface area contributed by atoms with Crippen molar-refractivity contribution in [1.29, 1.82) is 0 Å². The van der Waals surface area contributed by atoms with Gasteiger partial charge in [0.1, 0.15) is 6.54 Å². The van der Waals surface area contributed by atoms with Crippen LogP contribution in [0.4, 0.5) is 0 Å². The highest BCUT2D eigenvalue weighted by molar-refractivity contribution is 6.35. The molecule has 6 heteroatoms. The molecule has 0 saturated heterocycles. The van der Waals surface area contributed by atoms with Crippen LogP contribution in [0.25, 0.3) is 5.53 Å². The van der Waals surface area contributed by atoms with Gasteiger partial charge in [-0.15, -0.1) is 0 Å². The van der Waals surface area contributed by atoms with E-state index in [1.54, 1.807) is 37.3 Å². The number of hydrogen-bond donors (Lipinski definition) is 0. The lowest BCUT2D eigenvalue weighted by Crippen LogP contribution is -2.36. The van der Waals surface area contributed by atoms with Crippen molar-refractivity contribution in [3.8, 4) is 0 Å². The number of carbonyl (C=O) groups excluding carboxylic acids is 2. The van der Waals surface area contributed by atoms with Gasteiger partial charge < -0.3 is 15.2 Å². The van der Waals surface area contributed by atoms with Crippen molar-refractivity contribution in [1.82, 2.24) is 4.90 Å². The highest BCUT2D eigenvalue weighted by atomic mass is 16.5. The van der Waals surface area contributed by atoms with Crippen molar-refractivity contribution >= 4 is 17.6 Å². The summed E-state index contributed by atoms with van der Waals surface area (Å²) in [6.45, 7) is 1.70. The van der Waals surface area contributed by atoms with E-state index in [1.165, 1.54) is 11.9 Å². The summed E-state index contributed by atoms with van der Waals surface area (Å²) < 4.78 is 4.71. The smallest absolute Gasteiger partial charge is 0.418 e. The van der Waals surface area contributed by atoms with Gasteiger partial charge >= 0.3 is 11.7 Å². The zero-order chi connectivity index (χ0) is 14.3. The topological polar surface area (TPSA) is 83.0 Å².